The second-order valence-corrected chi connectivity index (χ2v) is 8.92. The molecule has 0 aliphatic carbocycles. The molecule has 1 aliphatic rings. The molecule has 1 fully saturated rings. The highest BCUT2D eigenvalue weighted by Crippen LogP contribution is 2.18. The average Bonchev–Trinajstić information content (AvgIpc) is 2.65. The maximum absolute atomic E-state index is 12.6. The van der Waals surface area contributed by atoms with Gasteiger partial charge in [-0.2, -0.15) is 0 Å². The van der Waals surface area contributed by atoms with Crippen LogP contribution in [0.25, 0.3) is 0 Å². The molecule has 1 aliphatic heterocycles. The number of ether oxygens (including phenoxy) is 1. The lowest BCUT2D eigenvalue weighted by molar-refractivity contribution is 0.0451. The number of piperidine rings is 1. The predicted molar refractivity (Wildman–Crippen MR) is 117 cm³/mol. The second kappa shape index (κ2) is 12.3. The van der Waals surface area contributed by atoms with E-state index in [4.69, 9.17) is 9.73 Å². The van der Waals surface area contributed by atoms with Gasteiger partial charge in [-0.3, -0.25) is 9.89 Å². The fraction of sp³-hybridized carbons (Fsp3) is 0.905. The second-order valence-electron chi connectivity index (χ2n) is 8.92. The number of alkyl halides is 2. The highest BCUT2D eigenvalue weighted by atomic mass is 19.3. The van der Waals surface area contributed by atoms with Crippen LogP contribution in [-0.2, 0) is 4.74 Å². The third-order valence-electron chi connectivity index (χ3n) is 5.33. The predicted octanol–water partition coefficient (Wildman–Crippen LogP) is 3.35. The first kappa shape index (κ1) is 26.4. The van der Waals surface area contributed by atoms with E-state index in [-0.39, 0.29) is 12.6 Å². The molecule has 0 saturated carbocycles. The summed E-state index contributed by atoms with van der Waals surface area (Å²) in [6.45, 7) is 13.8. The van der Waals surface area contributed by atoms with Crippen LogP contribution in [0.15, 0.2) is 4.99 Å². The number of aliphatic imine (C=N–C) groups is 1. The zero-order valence-corrected chi connectivity index (χ0v) is 19.5. The van der Waals surface area contributed by atoms with Crippen molar-refractivity contribution in [3.05, 3.63) is 0 Å². The van der Waals surface area contributed by atoms with Gasteiger partial charge in [0.15, 0.2) is 5.96 Å². The van der Waals surface area contributed by atoms with Gasteiger partial charge in [0, 0.05) is 25.7 Å². The molecule has 30 heavy (non-hydrogen) atoms. The zero-order chi connectivity index (χ0) is 22.8. The van der Waals surface area contributed by atoms with Crippen molar-refractivity contribution in [3.63, 3.8) is 0 Å². The maximum atomic E-state index is 12.6. The van der Waals surface area contributed by atoms with Crippen molar-refractivity contribution in [2.75, 3.05) is 32.7 Å². The molecule has 3 N–H and O–H groups in total. The minimum atomic E-state index is -2.29. The minimum Gasteiger partial charge on any atom is -0.444 e. The highest BCUT2D eigenvalue weighted by Gasteiger charge is 2.31. The van der Waals surface area contributed by atoms with E-state index < -0.39 is 23.7 Å². The van der Waals surface area contributed by atoms with Crippen LogP contribution in [0.2, 0.25) is 0 Å². The molecule has 0 atom stereocenters. The van der Waals surface area contributed by atoms with E-state index in [1.165, 1.54) is 0 Å². The van der Waals surface area contributed by atoms with Gasteiger partial charge in [0.2, 0.25) is 0 Å². The monoisotopic (exact) mass is 433 g/mol. The lowest BCUT2D eigenvalue weighted by atomic mass is 9.93. The number of nitrogens with one attached hydrogen (secondary N) is 3. The molecule has 0 unspecified atom stereocenters. The van der Waals surface area contributed by atoms with Crippen LogP contribution in [0.4, 0.5) is 13.6 Å². The van der Waals surface area contributed by atoms with Crippen LogP contribution in [0.1, 0.15) is 67.2 Å². The first-order valence-corrected chi connectivity index (χ1v) is 11.1. The molecule has 7 nitrogen and oxygen atoms in total. The van der Waals surface area contributed by atoms with Crippen LogP contribution < -0.4 is 16.0 Å². The van der Waals surface area contributed by atoms with Gasteiger partial charge < -0.3 is 20.7 Å². The Hall–Kier alpha value is -1.64. The normalized spacial score (nSPS) is 17.2. The topological polar surface area (TPSA) is 78.0 Å². The average molecular weight is 434 g/mol. The number of nitrogens with zero attached hydrogens (tertiary/aromatic N) is 2. The molecule has 0 aromatic heterocycles. The summed E-state index contributed by atoms with van der Waals surface area (Å²) in [4.78, 5) is 18.8. The number of hydrogen-bond acceptors (Lipinski definition) is 4. The van der Waals surface area contributed by atoms with E-state index in [0.29, 0.717) is 32.1 Å². The van der Waals surface area contributed by atoms with Gasteiger partial charge in [-0.1, -0.05) is 13.8 Å². The summed E-state index contributed by atoms with van der Waals surface area (Å²) in [5.41, 5.74) is -1.05. The minimum absolute atomic E-state index is 0.160. The Morgan fingerprint density at radius 1 is 1.17 bits per heavy atom. The van der Waals surface area contributed by atoms with Crippen molar-refractivity contribution in [2.45, 2.75) is 90.8 Å². The van der Waals surface area contributed by atoms with Crippen LogP contribution in [0.3, 0.4) is 0 Å². The Labute approximate surface area is 180 Å². The Kier molecular flexibility index (Phi) is 10.8. The van der Waals surface area contributed by atoms with E-state index in [1.807, 2.05) is 41.5 Å². The van der Waals surface area contributed by atoms with Gasteiger partial charge in [0.25, 0.3) is 6.43 Å². The Morgan fingerprint density at radius 2 is 1.77 bits per heavy atom. The lowest BCUT2D eigenvalue weighted by Gasteiger charge is -2.34. The van der Waals surface area contributed by atoms with E-state index in [9.17, 15) is 13.6 Å². The van der Waals surface area contributed by atoms with Crippen molar-refractivity contribution in [2.24, 2.45) is 4.99 Å². The molecule has 176 valence electrons. The standard InChI is InChI=1S/C21H41F2N5O2/c1-7-21(8-2,27-19(29)30-20(4,5)6)15-25-18(24-9-3)26-16-10-12-28(13-11-16)14-17(22)23/h16-17H,7-15H2,1-6H3,(H,27,29)(H2,24,25,26). The smallest absolute Gasteiger partial charge is 0.408 e. The Bertz CT molecular complexity index is 540. The number of hydrogen-bond donors (Lipinski definition) is 3. The van der Waals surface area contributed by atoms with Crippen LogP contribution in [0, 0.1) is 0 Å². The van der Waals surface area contributed by atoms with Gasteiger partial charge in [-0.15, -0.1) is 0 Å². The van der Waals surface area contributed by atoms with Crippen LogP contribution >= 0.6 is 0 Å². The van der Waals surface area contributed by atoms with E-state index >= 15 is 0 Å². The number of alkyl carbamates (subject to hydrolysis) is 1. The molecular formula is C21H41F2N5O2. The summed E-state index contributed by atoms with van der Waals surface area (Å²) < 4.78 is 30.5. The van der Waals surface area contributed by atoms with Crippen LogP contribution in [0.5, 0.6) is 0 Å². The van der Waals surface area contributed by atoms with Crippen molar-refractivity contribution < 1.29 is 18.3 Å². The highest BCUT2D eigenvalue weighted by molar-refractivity contribution is 5.80. The number of rotatable bonds is 9. The van der Waals surface area contributed by atoms with Crippen molar-refractivity contribution in [1.29, 1.82) is 0 Å². The largest absolute Gasteiger partial charge is 0.444 e. The number of carbonyl (C=O) groups is 1. The SMILES string of the molecule is CCNC(=NCC(CC)(CC)NC(=O)OC(C)(C)C)NC1CCN(CC(F)F)CC1. The summed E-state index contributed by atoms with van der Waals surface area (Å²) in [7, 11) is 0. The first-order chi connectivity index (χ1) is 14.0. The fourth-order valence-corrected chi connectivity index (χ4v) is 3.41. The summed E-state index contributed by atoms with van der Waals surface area (Å²) in [6, 6.07) is 0.188. The molecule has 0 bridgehead atoms. The number of amides is 1. The fourth-order valence-electron chi connectivity index (χ4n) is 3.41. The maximum Gasteiger partial charge on any atom is 0.408 e. The van der Waals surface area contributed by atoms with Gasteiger partial charge in [0.1, 0.15) is 5.60 Å². The molecule has 1 heterocycles. The van der Waals surface area contributed by atoms with Gasteiger partial charge in [-0.05, 0) is 53.4 Å². The van der Waals surface area contributed by atoms with E-state index in [0.717, 1.165) is 25.7 Å². The molecule has 0 radical (unpaired) electrons. The molecule has 1 rings (SSSR count). The molecular weight excluding hydrogens is 392 g/mol. The zero-order valence-electron chi connectivity index (χ0n) is 19.5. The molecule has 1 amide bonds. The summed E-state index contributed by atoms with van der Waals surface area (Å²) in [5, 5.41) is 9.68. The quantitative estimate of drug-likeness (QED) is 0.384. The van der Waals surface area contributed by atoms with Crippen molar-refractivity contribution in [3.8, 4) is 0 Å². The molecule has 9 heteroatoms. The Morgan fingerprint density at radius 3 is 2.23 bits per heavy atom. The number of likely N-dealkylation sites (tertiary alicyclic amines) is 1. The lowest BCUT2D eigenvalue weighted by Crippen LogP contribution is -2.53. The van der Waals surface area contributed by atoms with E-state index in [1.54, 1.807) is 4.90 Å². The summed E-state index contributed by atoms with van der Waals surface area (Å²) >= 11 is 0. The molecule has 0 spiro atoms. The summed E-state index contributed by atoms with van der Waals surface area (Å²) in [5.74, 6) is 0.682. The summed E-state index contributed by atoms with van der Waals surface area (Å²) in [6.07, 6.45) is 0.294. The van der Waals surface area contributed by atoms with Crippen LogP contribution in [-0.4, -0.2) is 73.3 Å². The molecule has 0 aromatic rings. The molecule has 0 aromatic carbocycles. The van der Waals surface area contributed by atoms with Crippen molar-refractivity contribution >= 4 is 12.1 Å². The first-order valence-electron chi connectivity index (χ1n) is 11.1. The van der Waals surface area contributed by atoms with Gasteiger partial charge in [-0.25, -0.2) is 13.6 Å². The number of carbonyl (C=O) groups excluding carboxylic acids is 1. The van der Waals surface area contributed by atoms with Gasteiger partial charge >= 0.3 is 6.09 Å². The van der Waals surface area contributed by atoms with Gasteiger partial charge in [0.05, 0.1) is 18.6 Å². The van der Waals surface area contributed by atoms with Crippen molar-refractivity contribution in [1.82, 2.24) is 20.9 Å². The van der Waals surface area contributed by atoms with E-state index in [2.05, 4.69) is 16.0 Å². The third-order valence-corrected chi connectivity index (χ3v) is 5.33. The Balaban J connectivity index is 2.72. The third kappa shape index (κ3) is 9.91. The molecule has 1 saturated heterocycles. The number of guanidine groups is 1. The number of halogens is 2.